The molecule has 0 radical (unpaired) electrons. The Balaban J connectivity index is 3.92. The van der Waals surface area contributed by atoms with Gasteiger partial charge in [-0.15, -0.1) is 0 Å². The lowest BCUT2D eigenvalue weighted by molar-refractivity contribution is -0.870. The van der Waals surface area contributed by atoms with Gasteiger partial charge >= 0.3 is 0 Å². The summed E-state index contributed by atoms with van der Waals surface area (Å²) in [5.41, 5.74) is 0. The summed E-state index contributed by atoms with van der Waals surface area (Å²) < 4.78 is 23.6. The molecule has 84 heavy (non-hydrogen) atoms. The zero-order valence-electron chi connectivity index (χ0n) is 57.9. The van der Waals surface area contributed by atoms with Gasteiger partial charge in [-0.25, -0.2) is 0 Å². The van der Waals surface area contributed by atoms with E-state index in [-0.39, 0.29) is 19.1 Å². The highest BCUT2D eigenvalue weighted by Gasteiger charge is 2.24. The number of hydrogen-bond acceptors (Lipinski definition) is 6. The molecular formula is C75H153N2O6P. The summed E-state index contributed by atoms with van der Waals surface area (Å²) in [7, 11) is 1.33. The number of carbonyl (C=O) groups is 1. The highest BCUT2D eigenvalue weighted by Crippen LogP contribution is 2.38. The Morgan fingerprint density at radius 3 is 0.810 bits per heavy atom. The van der Waals surface area contributed by atoms with Crippen molar-refractivity contribution in [1.29, 1.82) is 0 Å². The minimum Gasteiger partial charge on any atom is -0.756 e. The lowest BCUT2D eigenvalue weighted by Gasteiger charge is -2.30. The van der Waals surface area contributed by atoms with E-state index in [0.29, 0.717) is 23.9 Å². The molecule has 3 atom stereocenters. The number of phosphoric ester groups is 1. The van der Waals surface area contributed by atoms with Crippen LogP contribution in [0.15, 0.2) is 0 Å². The Bertz CT molecular complexity index is 1330. The third-order valence-electron chi connectivity index (χ3n) is 18.3. The molecule has 0 aliphatic carbocycles. The van der Waals surface area contributed by atoms with Crippen molar-refractivity contribution in [2.24, 2.45) is 0 Å². The maximum Gasteiger partial charge on any atom is 0.268 e. The van der Waals surface area contributed by atoms with Crippen LogP contribution in [-0.2, 0) is 18.4 Å². The Labute approximate surface area is 527 Å². The van der Waals surface area contributed by atoms with Crippen molar-refractivity contribution in [3.8, 4) is 0 Å². The van der Waals surface area contributed by atoms with Crippen molar-refractivity contribution in [2.45, 2.75) is 437 Å². The van der Waals surface area contributed by atoms with Gasteiger partial charge in [0.1, 0.15) is 13.2 Å². The molecule has 0 spiro atoms. The minimum absolute atomic E-state index is 0.0171. The molecule has 0 aliphatic heterocycles. The standard InChI is InChI=1S/C75H153N2O6P/c1-6-8-10-12-14-16-18-20-22-24-26-28-30-32-34-36-37-38-39-40-41-43-45-47-49-51-53-55-57-59-61-63-65-67-69-75(79)76-73(72-83-84(80,81)82-71-70-77(3,4)5)74(78)68-66-64-62-60-58-56-54-52-50-48-46-44-42-35-33-31-29-27-25-23-21-19-17-15-13-11-9-7-2/h73-74,78H,6-72H2,1-5H3,(H-,76,79,80,81). The fraction of sp³-hybridized carbons (Fsp3) is 0.987. The van der Waals surface area contributed by atoms with E-state index in [1.165, 1.54) is 360 Å². The predicted molar refractivity (Wildman–Crippen MR) is 367 cm³/mol. The summed E-state index contributed by atoms with van der Waals surface area (Å²) in [6.07, 6.45) is 85.0. The number of aliphatic hydroxyl groups is 1. The van der Waals surface area contributed by atoms with Crippen LogP contribution in [0.1, 0.15) is 425 Å². The normalized spacial score (nSPS) is 13.5. The van der Waals surface area contributed by atoms with Gasteiger partial charge < -0.3 is 28.8 Å². The predicted octanol–water partition coefficient (Wildman–Crippen LogP) is 24.0. The molecule has 2 N–H and O–H groups in total. The molecule has 0 aromatic heterocycles. The Kier molecular flexibility index (Phi) is 66.5. The number of aliphatic hydroxyl groups excluding tert-OH is 1. The number of amides is 1. The van der Waals surface area contributed by atoms with Crippen LogP contribution in [-0.4, -0.2) is 68.5 Å². The largest absolute Gasteiger partial charge is 0.756 e. The molecule has 0 heterocycles. The Morgan fingerprint density at radius 2 is 0.583 bits per heavy atom. The smallest absolute Gasteiger partial charge is 0.268 e. The average Bonchev–Trinajstić information content (AvgIpc) is 3.56. The second kappa shape index (κ2) is 66.9. The number of hydrogen-bond donors (Lipinski definition) is 2. The molecule has 3 unspecified atom stereocenters. The van der Waals surface area contributed by atoms with Gasteiger partial charge in [-0.05, 0) is 12.8 Å². The summed E-state index contributed by atoms with van der Waals surface area (Å²) in [5, 5.41) is 14.1. The second-order valence-corrected chi connectivity index (χ2v) is 29.5. The van der Waals surface area contributed by atoms with E-state index in [1.54, 1.807) is 0 Å². The molecular weight excluding hydrogens is 1060 g/mol. The van der Waals surface area contributed by atoms with Crippen molar-refractivity contribution >= 4 is 13.7 Å². The van der Waals surface area contributed by atoms with Gasteiger partial charge in [0.25, 0.3) is 7.82 Å². The van der Waals surface area contributed by atoms with Gasteiger partial charge in [-0.3, -0.25) is 9.36 Å². The van der Waals surface area contributed by atoms with E-state index in [2.05, 4.69) is 19.2 Å². The van der Waals surface area contributed by atoms with Crippen LogP contribution in [0.4, 0.5) is 0 Å². The molecule has 0 aromatic carbocycles. The number of rotatable bonds is 73. The highest BCUT2D eigenvalue weighted by molar-refractivity contribution is 7.45. The van der Waals surface area contributed by atoms with Crippen molar-refractivity contribution in [2.75, 3.05) is 40.9 Å². The molecule has 0 saturated heterocycles. The van der Waals surface area contributed by atoms with Gasteiger partial charge in [0, 0.05) is 6.42 Å². The summed E-state index contributed by atoms with van der Waals surface area (Å²) in [6, 6.07) is -0.797. The van der Waals surface area contributed by atoms with Crippen molar-refractivity contribution < 1.29 is 32.9 Å². The number of carbonyl (C=O) groups excluding carboxylic acids is 1. The van der Waals surface area contributed by atoms with Gasteiger partial charge in [0.2, 0.25) is 5.91 Å². The average molecular weight is 1210 g/mol. The molecule has 1 amide bonds. The zero-order valence-corrected chi connectivity index (χ0v) is 58.8. The van der Waals surface area contributed by atoms with E-state index in [1.807, 2.05) is 21.1 Å². The first-order valence-corrected chi connectivity index (χ1v) is 39.8. The molecule has 8 nitrogen and oxygen atoms in total. The molecule has 0 bridgehead atoms. The number of unbranched alkanes of at least 4 members (excludes halogenated alkanes) is 60. The van der Waals surface area contributed by atoms with Crippen LogP contribution in [0.3, 0.4) is 0 Å². The first-order valence-electron chi connectivity index (χ1n) is 38.4. The van der Waals surface area contributed by atoms with Crippen molar-refractivity contribution in [3.05, 3.63) is 0 Å². The molecule has 0 rings (SSSR count). The second-order valence-electron chi connectivity index (χ2n) is 28.1. The lowest BCUT2D eigenvalue weighted by atomic mass is 10.0. The van der Waals surface area contributed by atoms with Gasteiger partial charge in [0.05, 0.1) is 39.9 Å². The monoisotopic (exact) mass is 1210 g/mol. The summed E-state index contributed by atoms with van der Waals surface area (Å²) >= 11 is 0. The van der Waals surface area contributed by atoms with Crippen molar-refractivity contribution in [1.82, 2.24) is 5.32 Å². The van der Waals surface area contributed by atoms with Crippen LogP contribution in [0, 0.1) is 0 Å². The third kappa shape index (κ3) is 69.0. The van der Waals surface area contributed by atoms with E-state index in [4.69, 9.17) is 9.05 Å². The first-order chi connectivity index (χ1) is 41.0. The third-order valence-corrected chi connectivity index (χ3v) is 19.3. The summed E-state index contributed by atoms with van der Waals surface area (Å²) in [6.45, 7) is 4.81. The van der Waals surface area contributed by atoms with Crippen LogP contribution in [0.5, 0.6) is 0 Å². The number of nitrogens with zero attached hydrogens (tertiary/aromatic N) is 1. The van der Waals surface area contributed by atoms with E-state index in [9.17, 15) is 19.4 Å². The maximum atomic E-state index is 13.1. The van der Waals surface area contributed by atoms with E-state index < -0.39 is 20.0 Å². The number of phosphoric acid groups is 1. The van der Waals surface area contributed by atoms with E-state index >= 15 is 0 Å². The first kappa shape index (κ1) is 83.5. The van der Waals surface area contributed by atoms with Crippen molar-refractivity contribution in [3.63, 3.8) is 0 Å². The van der Waals surface area contributed by atoms with Gasteiger partial charge in [0.15, 0.2) is 0 Å². The lowest BCUT2D eigenvalue weighted by Crippen LogP contribution is -2.46. The molecule has 504 valence electrons. The SMILES string of the molecule is CCCCCCCCCCCCCCCCCCCCCCCCCCCCCCCCCCCCC(=O)NC(COP(=O)([O-])OCC[N+](C)(C)C)C(O)CCCCCCCCCCCCCCCCCCCCCCCCCCCCCC. The molecule has 0 aliphatic rings. The molecule has 9 heteroatoms. The maximum absolute atomic E-state index is 13.1. The zero-order chi connectivity index (χ0) is 61.2. The minimum atomic E-state index is -4.58. The Hall–Kier alpha value is -0.500. The Morgan fingerprint density at radius 1 is 0.369 bits per heavy atom. The van der Waals surface area contributed by atoms with E-state index in [0.717, 1.165) is 38.5 Å². The quantitative estimate of drug-likeness (QED) is 0.0357. The molecule has 0 aromatic rings. The molecule has 0 saturated carbocycles. The topological polar surface area (TPSA) is 108 Å². The summed E-state index contributed by atoms with van der Waals surface area (Å²) in [4.78, 5) is 25.7. The number of quaternary nitrogens is 1. The summed E-state index contributed by atoms with van der Waals surface area (Å²) in [5.74, 6) is -0.152. The molecule has 0 fully saturated rings. The highest BCUT2D eigenvalue weighted by atomic mass is 31.2. The van der Waals surface area contributed by atoms with Gasteiger partial charge in [-0.1, -0.05) is 406 Å². The number of likely N-dealkylation sites (N-methyl/N-ethyl adjacent to an activating group) is 1. The number of nitrogens with one attached hydrogen (secondary N) is 1. The fourth-order valence-corrected chi connectivity index (χ4v) is 13.1. The fourth-order valence-electron chi connectivity index (χ4n) is 12.4. The van der Waals surface area contributed by atoms with Crippen LogP contribution in [0.25, 0.3) is 0 Å². The van der Waals surface area contributed by atoms with Crippen LogP contribution >= 0.6 is 7.82 Å². The van der Waals surface area contributed by atoms with Crippen LogP contribution < -0.4 is 10.2 Å². The van der Waals surface area contributed by atoms with Crippen LogP contribution in [0.2, 0.25) is 0 Å². The van der Waals surface area contributed by atoms with Gasteiger partial charge in [-0.2, -0.15) is 0 Å².